The average molecular weight is 397 g/mol. The molecule has 8 heteroatoms. The maximum atomic E-state index is 12.5. The van der Waals surface area contributed by atoms with Crippen LogP contribution in [0, 0.1) is 0 Å². The molecule has 0 bridgehead atoms. The Hall–Kier alpha value is -1.67. The minimum Gasteiger partial charge on any atom is -0.312 e. The van der Waals surface area contributed by atoms with Crippen molar-refractivity contribution in [2.24, 2.45) is 4.40 Å². The number of aromatic nitrogens is 1. The topological polar surface area (TPSA) is 51.4 Å². The summed E-state index contributed by atoms with van der Waals surface area (Å²) in [5, 5.41) is 1.90. The van der Waals surface area contributed by atoms with E-state index in [2.05, 4.69) is 11.0 Å². The quantitative estimate of drug-likeness (QED) is 0.600. The fourth-order valence-electron chi connectivity index (χ4n) is 2.13. The van der Waals surface area contributed by atoms with Crippen molar-refractivity contribution in [3.8, 4) is 11.3 Å². The Morgan fingerprint density at radius 1 is 1.21 bits per heavy atom. The van der Waals surface area contributed by atoms with Crippen LogP contribution in [0.2, 0.25) is 4.34 Å². The number of hydrogen-bond acceptors (Lipinski definition) is 4. The van der Waals surface area contributed by atoms with E-state index < -0.39 is 10.0 Å². The summed E-state index contributed by atoms with van der Waals surface area (Å²) in [5.41, 5.74) is 1.90. The zero-order valence-electron chi connectivity index (χ0n) is 12.4. The Morgan fingerprint density at radius 3 is 2.58 bits per heavy atom. The predicted molar refractivity (Wildman–Crippen MR) is 100 cm³/mol. The molecular weight excluding hydrogens is 384 g/mol. The van der Waals surface area contributed by atoms with E-state index >= 15 is 0 Å². The van der Waals surface area contributed by atoms with Gasteiger partial charge in [-0.1, -0.05) is 48.0 Å². The van der Waals surface area contributed by atoms with Crippen molar-refractivity contribution >= 4 is 44.3 Å². The highest BCUT2D eigenvalue weighted by molar-refractivity contribution is 7.92. The van der Waals surface area contributed by atoms with Crippen molar-refractivity contribution in [1.82, 2.24) is 4.57 Å². The Bertz CT molecular complexity index is 1030. The largest absolute Gasteiger partial charge is 0.312 e. The summed E-state index contributed by atoms with van der Waals surface area (Å²) in [5.74, 6) is 0. The second kappa shape index (κ2) is 7.06. The van der Waals surface area contributed by atoms with Crippen molar-refractivity contribution in [3.63, 3.8) is 0 Å². The van der Waals surface area contributed by atoms with Gasteiger partial charge in [-0.3, -0.25) is 0 Å². The van der Waals surface area contributed by atoms with Crippen molar-refractivity contribution in [2.75, 3.05) is 0 Å². The monoisotopic (exact) mass is 396 g/mol. The number of nitrogens with zero attached hydrogens (tertiary/aromatic N) is 2. The van der Waals surface area contributed by atoms with Crippen LogP contribution in [0.1, 0.15) is 0 Å². The van der Waals surface area contributed by atoms with Crippen LogP contribution in [-0.2, 0) is 16.6 Å². The van der Waals surface area contributed by atoms with Gasteiger partial charge in [-0.25, -0.2) is 0 Å². The van der Waals surface area contributed by atoms with Crippen molar-refractivity contribution < 1.29 is 8.42 Å². The highest BCUT2D eigenvalue weighted by Gasteiger charge is 2.17. The van der Waals surface area contributed by atoms with E-state index in [0.29, 0.717) is 15.7 Å². The van der Waals surface area contributed by atoms with E-state index in [1.54, 1.807) is 12.1 Å². The number of benzene rings is 1. The summed E-state index contributed by atoms with van der Waals surface area (Å²) in [6.07, 6.45) is 1.72. The highest BCUT2D eigenvalue weighted by atomic mass is 35.5. The van der Waals surface area contributed by atoms with Crippen LogP contribution in [-0.4, -0.2) is 13.0 Å². The summed E-state index contributed by atoms with van der Waals surface area (Å²) in [7, 11) is -3.79. The SMILES string of the molecule is C=CCn1c(-c2ccccc2)csc1=NS(=O)(=O)c1ccc(Cl)s1. The van der Waals surface area contributed by atoms with Crippen LogP contribution in [0.5, 0.6) is 0 Å². The lowest BCUT2D eigenvalue weighted by molar-refractivity contribution is 0.597. The molecule has 2 heterocycles. The molecule has 0 fully saturated rings. The molecule has 3 aromatic rings. The van der Waals surface area contributed by atoms with Gasteiger partial charge in [-0.2, -0.15) is 8.42 Å². The lowest BCUT2D eigenvalue weighted by Gasteiger charge is -2.06. The number of hydrogen-bond donors (Lipinski definition) is 0. The summed E-state index contributed by atoms with van der Waals surface area (Å²) in [6.45, 7) is 4.21. The summed E-state index contributed by atoms with van der Waals surface area (Å²) < 4.78 is 31.3. The Kier molecular flexibility index (Phi) is 5.05. The number of thiophene rings is 1. The van der Waals surface area contributed by atoms with Gasteiger partial charge in [0.25, 0.3) is 10.0 Å². The lowest BCUT2D eigenvalue weighted by atomic mass is 10.2. The first-order valence-corrected chi connectivity index (χ1v) is 10.4. The van der Waals surface area contributed by atoms with E-state index in [9.17, 15) is 8.42 Å². The van der Waals surface area contributed by atoms with Gasteiger partial charge in [0.15, 0.2) is 0 Å². The standard InChI is InChI=1S/C16H13ClN2O2S3/c1-2-10-19-13(12-6-4-3-5-7-12)11-22-16(19)18-24(20,21)15-9-8-14(17)23-15/h2-9,11H,1,10H2. The van der Waals surface area contributed by atoms with Crippen molar-refractivity contribution in [2.45, 2.75) is 10.8 Å². The zero-order valence-corrected chi connectivity index (χ0v) is 15.6. The number of allylic oxidation sites excluding steroid dienone is 1. The molecular formula is C16H13ClN2O2S3. The first kappa shape index (κ1) is 17.2. The summed E-state index contributed by atoms with van der Waals surface area (Å²) in [4.78, 5) is 0.401. The van der Waals surface area contributed by atoms with Crippen LogP contribution >= 0.6 is 34.3 Å². The second-order valence-electron chi connectivity index (χ2n) is 4.79. The first-order chi connectivity index (χ1) is 11.5. The molecule has 0 atom stereocenters. The smallest absolute Gasteiger partial charge is 0.294 e. The summed E-state index contributed by atoms with van der Waals surface area (Å²) >= 11 is 8.11. The Balaban J connectivity index is 2.15. The lowest BCUT2D eigenvalue weighted by Crippen LogP contribution is -2.17. The molecule has 0 unspecified atom stereocenters. The number of thiazole rings is 1. The van der Waals surface area contributed by atoms with E-state index in [-0.39, 0.29) is 4.21 Å². The van der Waals surface area contributed by atoms with E-state index in [4.69, 9.17) is 11.6 Å². The third-order valence-electron chi connectivity index (χ3n) is 3.18. The van der Waals surface area contributed by atoms with Gasteiger partial charge >= 0.3 is 0 Å². The van der Waals surface area contributed by atoms with E-state index in [0.717, 1.165) is 22.6 Å². The van der Waals surface area contributed by atoms with Gasteiger partial charge < -0.3 is 4.57 Å². The molecule has 0 aliphatic heterocycles. The summed E-state index contributed by atoms with van der Waals surface area (Å²) in [6, 6.07) is 12.8. The average Bonchev–Trinajstić information content (AvgIpc) is 3.16. The van der Waals surface area contributed by atoms with Crippen molar-refractivity contribution in [1.29, 1.82) is 0 Å². The van der Waals surface area contributed by atoms with Gasteiger partial charge in [-0.05, 0) is 17.7 Å². The van der Waals surface area contributed by atoms with Gasteiger partial charge in [0.2, 0.25) is 4.80 Å². The molecule has 0 aliphatic carbocycles. The Labute approximate surface area is 153 Å². The van der Waals surface area contributed by atoms with E-state index in [1.165, 1.54) is 17.4 Å². The molecule has 24 heavy (non-hydrogen) atoms. The van der Waals surface area contributed by atoms with Crippen molar-refractivity contribution in [3.05, 3.63) is 69.6 Å². The fraction of sp³-hybridized carbons (Fsp3) is 0.0625. The molecule has 1 aromatic carbocycles. The molecule has 0 radical (unpaired) electrons. The second-order valence-corrected chi connectivity index (χ2v) is 9.18. The van der Waals surface area contributed by atoms with Crippen LogP contribution in [0.15, 0.2) is 69.1 Å². The van der Waals surface area contributed by atoms with E-state index in [1.807, 2.05) is 40.3 Å². The van der Waals surface area contributed by atoms with Crippen LogP contribution < -0.4 is 4.80 Å². The molecule has 0 spiro atoms. The van der Waals surface area contributed by atoms with Crippen LogP contribution in [0.3, 0.4) is 0 Å². The molecule has 124 valence electrons. The Morgan fingerprint density at radius 2 is 1.96 bits per heavy atom. The highest BCUT2D eigenvalue weighted by Crippen LogP contribution is 2.27. The van der Waals surface area contributed by atoms with Crippen LogP contribution in [0.25, 0.3) is 11.3 Å². The predicted octanol–water partition coefficient (Wildman–Crippen LogP) is 4.41. The number of sulfonamides is 1. The third kappa shape index (κ3) is 3.54. The van der Waals surface area contributed by atoms with Crippen LogP contribution in [0.4, 0.5) is 0 Å². The molecule has 0 aliphatic rings. The van der Waals surface area contributed by atoms with Gasteiger partial charge in [0.05, 0.1) is 10.0 Å². The zero-order chi connectivity index (χ0) is 17.2. The third-order valence-corrected chi connectivity index (χ3v) is 7.12. The molecule has 0 amide bonds. The number of halogens is 1. The molecule has 0 saturated heterocycles. The minimum atomic E-state index is -3.79. The minimum absolute atomic E-state index is 0.132. The molecule has 4 nitrogen and oxygen atoms in total. The maximum Gasteiger partial charge on any atom is 0.294 e. The molecule has 2 aromatic heterocycles. The molecule has 0 saturated carbocycles. The number of rotatable bonds is 5. The van der Waals surface area contributed by atoms with Gasteiger partial charge in [0.1, 0.15) is 4.21 Å². The fourth-order valence-corrected chi connectivity index (χ4v) is 5.73. The maximum absolute atomic E-state index is 12.5. The molecule has 3 rings (SSSR count). The first-order valence-electron chi connectivity index (χ1n) is 6.92. The van der Waals surface area contributed by atoms with Gasteiger partial charge in [-0.15, -0.1) is 33.7 Å². The molecule has 0 N–H and O–H groups in total. The normalized spacial score (nSPS) is 12.5. The van der Waals surface area contributed by atoms with Gasteiger partial charge in [0, 0.05) is 11.9 Å².